The molecule has 0 bridgehead atoms. The van der Waals surface area contributed by atoms with Gasteiger partial charge in [-0.25, -0.2) is 4.98 Å². The molecule has 1 aromatic carbocycles. The van der Waals surface area contributed by atoms with Gasteiger partial charge in [-0.1, -0.05) is 12.1 Å². The van der Waals surface area contributed by atoms with Gasteiger partial charge in [0.15, 0.2) is 5.65 Å². The first-order chi connectivity index (χ1) is 9.15. The second-order valence-corrected chi connectivity index (χ2v) is 4.12. The van der Waals surface area contributed by atoms with Crippen molar-refractivity contribution in [3.05, 3.63) is 45.9 Å². The second-order valence-electron chi connectivity index (χ2n) is 3.78. The maximum Gasteiger partial charge on any atom is 0.270 e. The van der Waals surface area contributed by atoms with Gasteiger partial charge in [-0.15, -0.1) is 0 Å². The molecule has 2 heterocycles. The number of nitro benzene ring substituents is 1. The minimum absolute atomic E-state index is 0.0103. The Hall–Kier alpha value is -2.54. The van der Waals surface area contributed by atoms with Gasteiger partial charge >= 0.3 is 0 Å². The van der Waals surface area contributed by atoms with Gasteiger partial charge in [-0.3, -0.25) is 15.2 Å². The minimum atomic E-state index is -0.459. The van der Waals surface area contributed by atoms with Crippen LogP contribution in [0.5, 0.6) is 0 Å². The van der Waals surface area contributed by atoms with E-state index in [0.29, 0.717) is 22.3 Å². The predicted molar refractivity (Wildman–Crippen MR) is 68.8 cm³/mol. The van der Waals surface area contributed by atoms with Crippen LogP contribution in [0.2, 0.25) is 5.28 Å². The molecular formula is C11H6ClN5O2. The van der Waals surface area contributed by atoms with Gasteiger partial charge in [0.2, 0.25) is 5.28 Å². The SMILES string of the molecule is O=[N+]([O-])c1cccc(-c2nc(Cl)nc3[nH]ncc23)c1. The van der Waals surface area contributed by atoms with E-state index in [2.05, 4.69) is 20.2 Å². The summed E-state index contributed by atoms with van der Waals surface area (Å²) in [6.07, 6.45) is 1.56. The van der Waals surface area contributed by atoms with Gasteiger partial charge in [0.05, 0.1) is 22.2 Å². The maximum atomic E-state index is 10.8. The van der Waals surface area contributed by atoms with Gasteiger partial charge in [0.25, 0.3) is 5.69 Å². The maximum absolute atomic E-state index is 10.8. The zero-order chi connectivity index (χ0) is 13.4. The van der Waals surface area contributed by atoms with Crippen molar-refractivity contribution in [2.75, 3.05) is 0 Å². The lowest BCUT2D eigenvalue weighted by molar-refractivity contribution is -0.384. The van der Waals surface area contributed by atoms with Crippen LogP contribution < -0.4 is 0 Å². The van der Waals surface area contributed by atoms with Crippen LogP contribution in [0.15, 0.2) is 30.5 Å². The monoisotopic (exact) mass is 275 g/mol. The van der Waals surface area contributed by atoms with Crippen molar-refractivity contribution in [1.82, 2.24) is 20.2 Å². The number of rotatable bonds is 2. The highest BCUT2D eigenvalue weighted by atomic mass is 35.5. The third kappa shape index (κ3) is 2.00. The molecule has 0 spiro atoms. The van der Waals surface area contributed by atoms with E-state index in [1.807, 2.05) is 0 Å². The van der Waals surface area contributed by atoms with Gasteiger partial charge in [0.1, 0.15) is 0 Å². The third-order valence-corrected chi connectivity index (χ3v) is 2.78. The molecule has 19 heavy (non-hydrogen) atoms. The van der Waals surface area contributed by atoms with Crippen LogP contribution >= 0.6 is 11.6 Å². The fraction of sp³-hybridized carbons (Fsp3) is 0. The molecule has 2 aromatic heterocycles. The Morgan fingerprint density at radius 2 is 2.16 bits per heavy atom. The number of aromatic amines is 1. The van der Waals surface area contributed by atoms with E-state index < -0.39 is 4.92 Å². The third-order valence-electron chi connectivity index (χ3n) is 2.61. The van der Waals surface area contributed by atoms with Crippen molar-refractivity contribution < 1.29 is 4.92 Å². The number of hydrogen-bond acceptors (Lipinski definition) is 5. The summed E-state index contributed by atoms with van der Waals surface area (Å²) in [5.74, 6) is 0. The molecule has 0 atom stereocenters. The number of non-ortho nitro benzene ring substituents is 1. The molecule has 3 aromatic rings. The lowest BCUT2D eigenvalue weighted by atomic mass is 10.1. The molecule has 7 nitrogen and oxygen atoms in total. The van der Waals surface area contributed by atoms with Gasteiger partial charge < -0.3 is 0 Å². The Balaban J connectivity index is 2.26. The highest BCUT2D eigenvalue weighted by Gasteiger charge is 2.13. The molecule has 0 saturated heterocycles. The summed E-state index contributed by atoms with van der Waals surface area (Å²) < 4.78 is 0. The van der Waals surface area contributed by atoms with Crippen LogP contribution in [-0.4, -0.2) is 25.1 Å². The number of nitro groups is 1. The van der Waals surface area contributed by atoms with Gasteiger partial charge in [0, 0.05) is 17.7 Å². The first kappa shape index (κ1) is 11.5. The Bertz CT molecular complexity index is 786. The van der Waals surface area contributed by atoms with E-state index in [9.17, 15) is 10.1 Å². The van der Waals surface area contributed by atoms with Gasteiger partial charge in [-0.05, 0) is 11.6 Å². The van der Waals surface area contributed by atoms with E-state index in [4.69, 9.17) is 11.6 Å². The fourth-order valence-corrected chi connectivity index (χ4v) is 1.96. The van der Waals surface area contributed by atoms with E-state index in [1.165, 1.54) is 12.1 Å². The first-order valence-electron chi connectivity index (χ1n) is 5.26. The summed E-state index contributed by atoms with van der Waals surface area (Å²) in [5.41, 5.74) is 1.57. The van der Waals surface area contributed by atoms with Crippen molar-refractivity contribution in [2.45, 2.75) is 0 Å². The summed E-state index contributed by atoms with van der Waals surface area (Å²) in [4.78, 5) is 18.4. The largest absolute Gasteiger partial charge is 0.270 e. The van der Waals surface area contributed by atoms with Crippen LogP contribution in [0, 0.1) is 10.1 Å². The molecule has 1 N–H and O–H groups in total. The lowest BCUT2D eigenvalue weighted by Crippen LogP contribution is -1.92. The molecule has 0 fully saturated rings. The average Bonchev–Trinajstić information content (AvgIpc) is 2.85. The highest BCUT2D eigenvalue weighted by Crippen LogP contribution is 2.28. The highest BCUT2D eigenvalue weighted by molar-refractivity contribution is 6.28. The summed E-state index contributed by atoms with van der Waals surface area (Å²) in [5, 5.41) is 18.1. The zero-order valence-corrected chi connectivity index (χ0v) is 10.1. The van der Waals surface area contributed by atoms with Crippen molar-refractivity contribution in [3.8, 4) is 11.3 Å². The molecule has 0 saturated carbocycles. The second kappa shape index (κ2) is 4.29. The number of hydrogen-bond donors (Lipinski definition) is 1. The number of aromatic nitrogens is 4. The fourth-order valence-electron chi connectivity index (χ4n) is 1.79. The number of nitrogens with zero attached hydrogens (tertiary/aromatic N) is 4. The molecule has 0 aliphatic heterocycles. The topological polar surface area (TPSA) is 97.6 Å². The summed E-state index contributed by atoms with van der Waals surface area (Å²) in [7, 11) is 0. The molecule has 0 amide bonds. The smallest absolute Gasteiger partial charge is 0.261 e. The van der Waals surface area contributed by atoms with Crippen LogP contribution in [0.1, 0.15) is 0 Å². The van der Waals surface area contributed by atoms with E-state index >= 15 is 0 Å². The molecule has 0 unspecified atom stereocenters. The number of fused-ring (bicyclic) bond motifs is 1. The van der Waals surface area contributed by atoms with Crippen molar-refractivity contribution in [1.29, 1.82) is 0 Å². The van der Waals surface area contributed by atoms with Gasteiger partial charge in [-0.2, -0.15) is 10.1 Å². The standard InChI is InChI=1S/C11H6ClN5O2/c12-11-14-9(8-5-13-16-10(8)15-11)6-2-1-3-7(4-6)17(18)19/h1-5H,(H,13,14,15,16). The molecule has 3 rings (SSSR count). The minimum Gasteiger partial charge on any atom is -0.261 e. The predicted octanol–water partition coefficient (Wildman–Crippen LogP) is 2.58. The van der Waals surface area contributed by atoms with Crippen molar-refractivity contribution in [2.24, 2.45) is 0 Å². The molecule has 0 radical (unpaired) electrons. The summed E-state index contributed by atoms with van der Waals surface area (Å²) in [6, 6.07) is 6.16. The quantitative estimate of drug-likeness (QED) is 0.440. The number of benzene rings is 1. The molecule has 94 valence electrons. The van der Waals surface area contributed by atoms with Crippen LogP contribution in [0.4, 0.5) is 5.69 Å². The van der Waals surface area contributed by atoms with Crippen LogP contribution in [0.3, 0.4) is 0 Å². The van der Waals surface area contributed by atoms with E-state index in [0.717, 1.165) is 0 Å². The van der Waals surface area contributed by atoms with E-state index in [1.54, 1.807) is 18.3 Å². The van der Waals surface area contributed by atoms with Crippen molar-refractivity contribution >= 4 is 28.3 Å². The Labute approximate surface area is 111 Å². The van der Waals surface area contributed by atoms with Crippen LogP contribution in [0.25, 0.3) is 22.3 Å². The normalized spacial score (nSPS) is 10.8. The summed E-state index contributed by atoms with van der Waals surface area (Å²) >= 11 is 5.83. The van der Waals surface area contributed by atoms with Crippen LogP contribution in [-0.2, 0) is 0 Å². The molecule has 0 aliphatic rings. The number of H-pyrrole nitrogens is 1. The Morgan fingerprint density at radius 1 is 1.32 bits per heavy atom. The zero-order valence-electron chi connectivity index (χ0n) is 9.37. The lowest BCUT2D eigenvalue weighted by Gasteiger charge is -2.02. The van der Waals surface area contributed by atoms with E-state index in [-0.39, 0.29) is 11.0 Å². The Kier molecular flexibility index (Phi) is 2.60. The average molecular weight is 276 g/mol. The molecular weight excluding hydrogens is 270 g/mol. The Morgan fingerprint density at radius 3 is 2.95 bits per heavy atom. The molecule has 0 aliphatic carbocycles. The molecule has 8 heteroatoms. The van der Waals surface area contributed by atoms with Crippen molar-refractivity contribution in [3.63, 3.8) is 0 Å². The summed E-state index contributed by atoms with van der Waals surface area (Å²) in [6.45, 7) is 0. The number of nitrogens with one attached hydrogen (secondary N) is 1. The number of halogens is 1. The first-order valence-corrected chi connectivity index (χ1v) is 5.64.